The van der Waals surface area contributed by atoms with Crippen molar-refractivity contribution < 1.29 is 9.59 Å². The van der Waals surface area contributed by atoms with Crippen molar-refractivity contribution >= 4 is 29.1 Å². The number of hydrogen-bond donors (Lipinski definition) is 2. The van der Waals surface area contributed by atoms with Gasteiger partial charge in [0.2, 0.25) is 5.91 Å². The number of amides is 2. The first kappa shape index (κ1) is 19.0. The number of carbonyl (C=O) groups is 2. The van der Waals surface area contributed by atoms with Gasteiger partial charge < -0.3 is 10.6 Å². The first-order valence-electron chi connectivity index (χ1n) is 8.22. The standard InChI is InChI=1S/C20H23ClN2O2/c1-12(2)18(23-19(24)15-7-9-16(21)10-8-15)20(25)22-17-11-13(3)5-6-14(17)4/h5-12,18H,1-4H3,(H,22,25)(H,23,24). The van der Waals surface area contributed by atoms with E-state index < -0.39 is 6.04 Å². The van der Waals surface area contributed by atoms with Crippen LogP contribution in [-0.4, -0.2) is 17.9 Å². The molecule has 4 nitrogen and oxygen atoms in total. The fourth-order valence-electron chi connectivity index (χ4n) is 2.44. The number of aryl methyl sites for hydroxylation is 2. The molecule has 0 aliphatic heterocycles. The lowest BCUT2D eigenvalue weighted by molar-refractivity contribution is -0.118. The number of hydrogen-bond acceptors (Lipinski definition) is 2. The van der Waals surface area contributed by atoms with E-state index in [9.17, 15) is 9.59 Å². The van der Waals surface area contributed by atoms with Crippen LogP contribution in [0.25, 0.3) is 0 Å². The predicted octanol–water partition coefficient (Wildman–Crippen LogP) is 4.35. The molecule has 0 saturated carbocycles. The van der Waals surface area contributed by atoms with Gasteiger partial charge in [0.15, 0.2) is 0 Å². The van der Waals surface area contributed by atoms with Crippen molar-refractivity contribution in [2.24, 2.45) is 5.92 Å². The molecule has 5 heteroatoms. The zero-order chi connectivity index (χ0) is 18.6. The molecule has 1 atom stereocenters. The average molecular weight is 359 g/mol. The Balaban J connectivity index is 2.14. The van der Waals surface area contributed by atoms with Crippen LogP contribution in [0.1, 0.15) is 35.3 Å². The highest BCUT2D eigenvalue weighted by molar-refractivity contribution is 6.30. The van der Waals surface area contributed by atoms with Gasteiger partial charge in [-0.05, 0) is 61.2 Å². The second-order valence-corrected chi connectivity index (χ2v) is 6.95. The molecule has 2 rings (SSSR count). The third kappa shape index (κ3) is 5.07. The largest absolute Gasteiger partial charge is 0.340 e. The van der Waals surface area contributed by atoms with Crippen molar-refractivity contribution in [1.82, 2.24) is 5.32 Å². The van der Waals surface area contributed by atoms with E-state index in [1.807, 2.05) is 45.9 Å². The van der Waals surface area contributed by atoms with Crippen molar-refractivity contribution in [2.45, 2.75) is 33.7 Å². The molecular formula is C20H23ClN2O2. The second-order valence-electron chi connectivity index (χ2n) is 6.51. The average Bonchev–Trinajstić information content (AvgIpc) is 2.56. The molecule has 1 unspecified atom stereocenters. The van der Waals surface area contributed by atoms with Crippen molar-refractivity contribution in [3.63, 3.8) is 0 Å². The lowest BCUT2D eigenvalue weighted by Gasteiger charge is -2.22. The van der Waals surface area contributed by atoms with Crippen LogP contribution in [0.15, 0.2) is 42.5 Å². The fourth-order valence-corrected chi connectivity index (χ4v) is 2.57. The molecule has 2 aromatic carbocycles. The number of nitrogens with one attached hydrogen (secondary N) is 2. The Kier molecular flexibility index (Phi) is 6.21. The van der Waals surface area contributed by atoms with Crippen molar-refractivity contribution in [2.75, 3.05) is 5.32 Å². The Morgan fingerprint density at radius 3 is 2.24 bits per heavy atom. The van der Waals surface area contributed by atoms with Gasteiger partial charge in [-0.3, -0.25) is 9.59 Å². The molecule has 0 aliphatic carbocycles. The third-order valence-corrected chi connectivity index (χ3v) is 4.25. The first-order chi connectivity index (χ1) is 11.8. The number of anilines is 1. The smallest absolute Gasteiger partial charge is 0.251 e. The summed E-state index contributed by atoms with van der Waals surface area (Å²) in [6, 6.07) is 11.8. The summed E-state index contributed by atoms with van der Waals surface area (Å²) >= 11 is 5.84. The summed E-state index contributed by atoms with van der Waals surface area (Å²) in [5.41, 5.74) is 3.27. The van der Waals surface area contributed by atoms with E-state index in [1.54, 1.807) is 24.3 Å². The minimum absolute atomic E-state index is 0.0543. The summed E-state index contributed by atoms with van der Waals surface area (Å²) in [4.78, 5) is 25.1. The molecule has 25 heavy (non-hydrogen) atoms. The lowest BCUT2D eigenvalue weighted by Crippen LogP contribution is -2.47. The highest BCUT2D eigenvalue weighted by Gasteiger charge is 2.25. The van der Waals surface area contributed by atoms with E-state index >= 15 is 0 Å². The molecule has 0 heterocycles. The number of benzene rings is 2. The molecule has 0 aromatic heterocycles. The number of carbonyl (C=O) groups excluding carboxylic acids is 2. The monoisotopic (exact) mass is 358 g/mol. The molecule has 0 radical (unpaired) electrons. The Bertz CT molecular complexity index is 770. The van der Waals surface area contributed by atoms with Crippen LogP contribution in [0.3, 0.4) is 0 Å². The van der Waals surface area contributed by atoms with E-state index in [1.165, 1.54) is 0 Å². The van der Waals surface area contributed by atoms with Gasteiger partial charge in [-0.25, -0.2) is 0 Å². The molecule has 0 spiro atoms. The Morgan fingerprint density at radius 2 is 1.64 bits per heavy atom. The van der Waals surface area contributed by atoms with Crippen LogP contribution in [-0.2, 0) is 4.79 Å². The zero-order valence-corrected chi connectivity index (χ0v) is 15.6. The first-order valence-corrected chi connectivity index (χ1v) is 8.60. The normalized spacial score (nSPS) is 11.9. The van der Waals surface area contributed by atoms with E-state index in [-0.39, 0.29) is 17.7 Å². The van der Waals surface area contributed by atoms with Crippen molar-refractivity contribution in [1.29, 1.82) is 0 Å². The van der Waals surface area contributed by atoms with Crippen LogP contribution in [0, 0.1) is 19.8 Å². The van der Waals surface area contributed by atoms with E-state index in [0.717, 1.165) is 16.8 Å². The van der Waals surface area contributed by atoms with Crippen LogP contribution < -0.4 is 10.6 Å². The molecule has 0 aliphatic rings. The molecule has 0 fully saturated rings. The third-order valence-electron chi connectivity index (χ3n) is 3.99. The Labute approximate surface area is 153 Å². The number of rotatable bonds is 5. The molecule has 0 bridgehead atoms. The molecule has 2 N–H and O–H groups in total. The van der Waals surface area contributed by atoms with Gasteiger partial charge in [0.25, 0.3) is 5.91 Å². The van der Waals surface area contributed by atoms with Gasteiger partial charge in [-0.15, -0.1) is 0 Å². The molecule has 0 saturated heterocycles. The molecule has 132 valence electrons. The maximum Gasteiger partial charge on any atom is 0.251 e. The number of halogens is 1. The van der Waals surface area contributed by atoms with Crippen LogP contribution >= 0.6 is 11.6 Å². The minimum Gasteiger partial charge on any atom is -0.340 e. The topological polar surface area (TPSA) is 58.2 Å². The molecule has 2 aromatic rings. The van der Waals surface area contributed by atoms with E-state index in [2.05, 4.69) is 10.6 Å². The summed E-state index contributed by atoms with van der Waals surface area (Å²) in [5.74, 6) is -0.584. The summed E-state index contributed by atoms with van der Waals surface area (Å²) in [7, 11) is 0. The van der Waals surface area contributed by atoms with Crippen LogP contribution in [0.4, 0.5) is 5.69 Å². The van der Waals surface area contributed by atoms with Crippen LogP contribution in [0.5, 0.6) is 0 Å². The highest BCUT2D eigenvalue weighted by atomic mass is 35.5. The van der Waals surface area contributed by atoms with Gasteiger partial charge in [0.1, 0.15) is 6.04 Å². The summed E-state index contributed by atoms with van der Waals surface area (Å²) < 4.78 is 0. The lowest BCUT2D eigenvalue weighted by atomic mass is 10.0. The highest BCUT2D eigenvalue weighted by Crippen LogP contribution is 2.18. The van der Waals surface area contributed by atoms with Crippen LogP contribution in [0.2, 0.25) is 5.02 Å². The van der Waals surface area contributed by atoms with Crippen molar-refractivity contribution in [3.05, 3.63) is 64.2 Å². The SMILES string of the molecule is Cc1ccc(C)c(NC(=O)C(NC(=O)c2ccc(Cl)cc2)C(C)C)c1. The Hall–Kier alpha value is -2.33. The summed E-state index contributed by atoms with van der Waals surface area (Å²) in [6.07, 6.45) is 0. The van der Waals surface area contributed by atoms with Gasteiger partial charge in [0.05, 0.1) is 0 Å². The second kappa shape index (κ2) is 8.17. The van der Waals surface area contributed by atoms with Gasteiger partial charge >= 0.3 is 0 Å². The maximum absolute atomic E-state index is 12.7. The molecule has 2 amide bonds. The van der Waals surface area contributed by atoms with Crippen molar-refractivity contribution in [3.8, 4) is 0 Å². The van der Waals surface area contributed by atoms with Gasteiger partial charge in [-0.2, -0.15) is 0 Å². The zero-order valence-electron chi connectivity index (χ0n) is 14.9. The minimum atomic E-state index is -0.636. The summed E-state index contributed by atoms with van der Waals surface area (Å²) in [6.45, 7) is 7.70. The fraction of sp³-hybridized carbons (Fsp3) is 0.300. The van der Waals surface area contributed by atoms with E-state index in [0.29, 0.717) is 10.6 Å². The maximum atomic E-state index is 12.7. The molecular weight excluding hydrogens is 336 g/mol. The quantitative estimate of drug-likeness (QED) is 0.834. The Morgan fingerprint density at radius 1 is 1.00 bits per heavy atom. The van der Waals surface area contributed by atoms with Gasteiger partial charge in [0, 0.05) is 16.3 Å². The summed E-state index contributed by atoms with van der Waals surface area (Å²) in [5, 5.41) is 6.30. The predicted molar refractivity (Wildman–Crippen MR) is 102 cm³/mol. The van der Waals surface area contributed by atoms with E-state index in [4.69, 9.17) is 11.6 Å². The van der Waals surface area contributed by atoms with Gasteiger partial charge in [-0.1, -0.05) is 37.6 Å².